The summed E-state index contributed by atoms with van der Waals surface area (Å²) in [6.45, 7) is 4.94. The molecule has 1 saturated carbocycles. The number of hydrogen-bond donors (Lipinski definition) is 3. The zero-order valence-corrected chi connectivity index (χ0v) is 20.6. The number of nitrogens with one attached hydrogen (secondary N) is 2. The van der Waals surface area contributed by atoms with Crippen LogP contribution in [0.2, 0.25) is 0 Å². The number of ether oxygens (including phenoxy) is 2. The van der Waals surface area contributed by atoms with Crippen molar-refractivity contribution < 1.29 is 19.0 Å². The third kappa shape index (κ3) is 4.47. The highest BCUT2D eigenvalue weighted by molar-refractivity contribution is 5.98. The van der Waals surface area contributed by atoms with Gasteiger partial charge in [0.15, 0.2) is 0 Å². The number of methoxy groups -OCH3 is 2. The lowest BCUT2D eigenvalue weighted by Gasteiger charge is -2.38. The van der Waals surface area contributed by atoms with Crippen LogP contribution >= 0.6 is 0 Å². The predicted molar refractivity (Wildman–Crippen MR) is 134 cm³/mol. The minimum Gasteiger partial charge on any atom is -0.384 e. The van der Waals surface area contributed by atoms with Gasteiger partial charge in [-0.25, -0.2) is 4.39 Å². The van der Waals surface area contributed by atoms with Crippen molar-refractivity contribution in [2.75, 3.05) is 20.8 Å². The first-order valence-corrected chi connectivity index (χ1v) is 12.0. The summed E-state index contributed by atoms with van der Waals surface area (Å²) in [6.07, 6.45) is 3.71. The summed E-state index contributed by atoms with van der Waals surface area (Å²) in [5, 5.41) is 22.4. The number of aromatic amines is 1. The maximum Gasteiger partial charge on any atom is 0.213 e. The molecule has 1 aliphatic rings. The SMILES string of the molecule is COCC(C)(C)c1c(CC2CC(NC(O)OC)C2)c2cc3[nH]ncc3cc2n1-c1ccc(F)cc1. The molecule has 0 saturated heterocycles. The van der Waals surface area contributed by atoms with Gasteiger partial charge in [0, 0.05) is 47.8 Å². The predicted octanol–water partition coefficient (Wildman–Crippen LogP) is 4.40. The topological polar surface area (TPSA) is 84.3 Å². The minimum absolute atomic E-state index is 0.232. The third-order valence-electron chi connectivity index (χ3n) is 7.19. The molecule has 7 nitrogen and oxygen atoms in total. The Kier molecular flexibility index (Phi) is 6.40. The van der Waals surface area contributed by atoms with Crippen molar-refractivity contribution >= 4 is 21.8 Å². The molecule has 1 fully saturated rings. The summed E-state index contributed by atoms with van der Waals surface area (Å²) in [4.78, 5) is 0. The van der Waals surface area contributed by atoms with Crippen molar-refractivity contribution in [1.82, 2.24) is 20.1 Å². The number of nitrogens with zero attached hydrogens (tertiary/aromatic N) is 2. The molecule has 8 heteroatoms. The van der Waals surface area contributed by atoms with E-state index in [1.165, 1.54) is 35.9 Å². The summed E-state index contributed by atoms with van der Waals surface area (Å²) in [7, 11) is 3.21. The van der Waals surface area contributed by atoms with E-state index in [1.807, 2.05) is 18.3 Å². The number of aliphatic hydroxyl groups is 1. The second kappa shape index (κ2) is 9.35. The van der Waals surface area contributed by atoms with Crippen LogP contribution in [-0.2, 0) is 21.3 Å². The van der Waals surface area contributed by atoms with Crippen LogP contribution < -0.4 is 5.32 Å². The molecule has 3 N–H and O–H groups in total. The Morgan fingerprint density at radius 2 is 1.97 bits per heavy atom. The van der Waals surface area contributed by atoms with Crippen LogP contribution in [0.4, 0.5) is 4.39 Å². The molecular formula is C27H33FN4O3. The Bertz CT molecular complexity index is 1320. The van der Waals surface area contributed by atoms with Crippen LogP contribution in [0, 0.1) is 11.7 Å². The van der Waals surface area contributed by atoms with E-state index in [2.05, 4.69) is 46.1 Å². The lowest BCUT2D eigenvalue weighted by atomic mass is 9.74. The number of halogens is 1. The number of fused-ring (bicyclic) bond motifs is 2. The molecule has 0 radical (unpaired) electrons. The van der Waals surface area contributed by atoms with E-state index < -0.39 is 6.41 Å². The fourth-order valence-corrected chi connectivity index (χ4v) is 5.59. The van der Waals surface area contributed by atoms with Crippen molar-refractivity contribution in [2.45, 2.75) is 51.0 Å². The maximum absolute atomic E-state index is 13.8. The summed E-state index contributed by atoms with van der Waals surface area (Å²) in [6, 6.07) is 11.3. The molecule has 1 unspecified atom stereocenters. The van der Waals surface area contributed by atoms with Gasteiger partial charge < -0.3 is 19.1 Å². The molecule has 1 atom stereocenters. The van der Waals surface area contributed by atoms with Crippen LogP contribution in [0.15, 0.2) is 42.6 Å². The second-order valence-corrected chi connectivity index (χ2v) is 10.3. The second-order valence-electron chi connectivity index (χ2n) is 10.3. The van der Waals surface area contributed by atoms with Gasteiger partial charge in [-0.2, -0.15) is 5.10 Å². The van der Waals surface area contributed by atoms with E-state index in [4.69, 9.17) is 9.47 Å². The van der Waals surface area contributed by atoms with Gasteiger partial charge in [0.2, 0.25) is 6.41 Å². The van der Waals surface area contributed by atoms with Gasteiger partial charge in [-0.05, 0) is 67.1 Å². The van der Waals surface area contributed by atoms with E-state index in [-0.39, 0.29) is 17.3 Å². The van der Waals surface area contributed by atoms with Gasteiger partial charge in [-0.15, -0.1) is 0 Å². The Morgan fingerprint density at radius 3 is 2.66 bits per heavy atom. The van der Waals surface area contributed by atoms with Crippen molar-refractivity contribution in [2.24, 2.45) is 5.92 Å². The fourth-order valence-electron chi connectivity index (χ4n) is 5.59. The Morgan fingerprint density at radius 1 is 1.23 bits per heavy atom. The smallest absolute Gasteiger partial charge is 0.213 e. The minimum atomic E-state index is -0.939. The van der Waals surface area contributed by atoms with Gasteiger partial charge in [0.05, 0.1) is 23.8 Å². The third-order valence-corrected chi connectivity index (χ3v) is 7.19. The first-order chi connectivity index (χ1) is 16.8. The normalized spacial score (nSPS) is 19.4. The molecule has 2 aromatic carbocycles. The van der Waals surface area contributed by atoms with Gasteiger partial charge >= 0.3 is 0 Å². The molecule has 4 aromatic rings. The summed E-state index contributed by atoms with van der Waals surface area (Å²) in [5.74, 6) is 0.213. The number of H-pyrrole nitrogens is 1. The molecule has 0 aliphatic heterocycles. The molecule has 186 valence electrons. The summed E-state index contributed by atoms with van der Waals surface area (Å²) in [5.41, 5.74) is 5.14. The zero-order chi connectivity index (χ0) is 24.7. The van der Waals surface area contributed by atoms with E-state index in [9.17, 15) is 9.50 Å². The standard InChI is InChI=1S/C27H33FN4O3/c1-27(2,15-34-3)25-22(11-16-9-19(10-16)30-26(33)35-4)21-13-23-17(14-29-31-23)12-24(21)32(25)20-7-5-18(28)6-8-20/h5-8,12-14,16,19,26,30,33H,9-11,15H2,1-4H3,(H,29,31). The highest BCUT2D eigenvalue weighted by Crippen LogP contribution is 2.42. The Labute approximate surface area is 204 Å². The maximum atomic E-state index is 13.8. The molecule has 0 bridgehead atoms. The van der Waals surface area contributed by atoms with Crippen molar-refractivity contribution in [3.05, 3.63) is 59.7 Å². The average molecular weight is 481 g/mol. The van der Waals surface area contributed by atoms with Crippen LogP contribution in [-0.4, -0.2) is 53.2 Å². The van der Waals surface area contributed by atoms with E-state index in [0.29, 0.717) is 12.5 Å². The van der Waals surface area contributed by atoms with E-state index >= 15 is 0 Å². The lowest BCUT2D eigenvalue weighted by Crippen LogP contribution is -2.47. The molecule has 0 amide bonds. The van der Waals surface area contributed by atoms with Crippen molar-refractivity contribution in [1.29, 1.82) is 0 Å². The summed E-state index contributed by atoms with van der Waals surface area (Å²) >= 11 is 0. The average Bonchev–Trinajstić information content (AvgIpc) is 3.38. The number of aromatic nitrogens is 3. The van der Waals surface area contributed by atoms with Gasteiger partial charge in [0.25, 0.3) is 0 Å². The van der Waals surface area contributed by atoms with Crippen LogP contribution in [0.5, 0.6) is 0 Å². The monoisotopic (exact) mass is 480 g/mol. The number of hydrogen-bond acceptors (Lipinski definition) is 5. The fraction of sp³-hybridized carbons (Fsp3) is 0.444. The van der Waals surface area contributed by atoms with Gasteiger partial charge in [-0.3, -0.25) is 10.4 Å². The molecule has 5 rings (SSSR count). The van der Waals surface area contributed by atoms with E-state index in [0.717, 1.165) is 41.4 Å². The lowest BCUT2D eigenvalue weighted by molar-refractivity contribution is -0.111. The Hall–Kier alpha value is -2.78. The van der Waals surface area contributed by atoms with Gasteiger partial charge in [0.1, 0.15) is 5.82 Å². The van der Waals surface area contributed by atoms with Crippen molar-refractivity contribution in [3.63, 3.8) is 0 Å². The first kappa shape index (κ1) is 23.9. The zero-order valence-electron chi connectivity index (χ0n) is 20.6. The highest BCUT2D eigenvalue weighted by Gasteiger charge is 2.36. The number of rotatable bonds is 9. The van der Waals surface area contributed by atoms with Crippen LogP contribution in [0.1, 0.15) is 37.9 Å². The Balaban J connectivity index is 1.66. The van der Waals surface area contributed by atoms with Crippen molar-refractivity contribution in [3.8, 4) is 5.69 Å². The molecule has 0 spiro atoms. The molecule has 35 heavy (non-hydrogen) atoms. The molecule has 1 aliphatic carbocycles. The molecule has 2 aromatic heterocycles. The van der Waals surface area contributed by atoms with Crippen LogP contribution in [0.3, 0.4) is 0 Å². The largest absolute Gasteiger partial charge is 0.384 e. The summed E-state index contributed by atoms with van der Waals surface area (Å²) < 4.78 is 26.7. The highest BCUT2D eigenvalue weighted by atomic mass is 19.1. The number of benzene rings is 2. The number of aliphatic hydroxyl groups excluding tert-OH is 1. The van der Waals surface area contributed by atoms with Gasteiger partial charge in [-0.1, -0.05) is 13.8 Å². The molecule has 2 heterocycles. The molecular weight excluding hydrogens is 447 g/mol. The first-order valence-electron chi connectivity index (χ1n) is 12.0. The van der Waals surface area contributed by atoms with E-state index in [1.54, 1.807) is 7.11 Å². The quantitative estimate of drug-likeness (QED) is 0.309. The van der Waals surface area contributed by atoms with Crippen LogP contribution in [0.25, 0.3) is 27.5 Å².